The first-order valence-corrected chi connectivity index (χ1v) is 15.6. The number of pyridine rings is 1. The maximum Gasteiger partial charge on any atom is 0.139 e. The average molecular weight is 597 g/mol. The largest absolute Gasteiger partial charge is 0.309 e. The molecule has 0 amide bonds. The van der Waals surface area contributed by atoms with Crippen molar-refractivity contribution in [3.63, 3.8) is 0 Å². The first-order valence-electron chi connectivity index (χ1n) is 17.3. The molecule has 10 rings (SSSR count). The Hall–Kier alpha value is -5.71. The molecule has 45 heavy (non-hydrogen) atoms. The smallest absolute Gasteiger partial charge is 0.139 e. The van der Waals surface area contributed by atoms with Gasteiger partial charge in [-0.2, -0.15) is 0 Å². The van der Waals surface area contributed by atoms with Gasteiger partial charge in [-0.05, 0) is 48.5 Å². The highest BCUT2D eigenvalue weighted by Gasteiger charge is 2.21. The van der Waals surface area contributed by atoms with Crippen LogP contribution in [0.5, 0.6) is 0 Å². The lowest BCUT2D eigenvalue weighted by Crippen LogP contribution is -1.99. The summed E-state index contributed by atoms with van der Waals surface area (Å²) in [6.45, 7) is 0. The number of rotatable bonds is 3. The van der Waals surface area contributed by atoms with E-state index in [0.29, 0.717) is 11.5 Å². The van der Waals surface area contributed by atoms with Gasteiger partial charge in [0.15, 0.2) is 0 Å². The van der Waals surface area contributed by atoms with E-state index < -0.39 is 6.04 Å². The molecule has 210 valence electrons. The van der Waals surface area contributed by atoms with Crippen LogP contribution in [-0.2, 0) is 0 Å². The monoisotopic (exact) mass is 596 g/mol. The van der Waals surface area contributed by atoms with Crippen LogP contribution in [-0.4, -0.2) is 14.1 Å². The average Bonchev–Trinajstić information content (AvgIpc) is 3.80. The summed E-state index contributed by atoms with van der Waals surface area (Å²) in [6, 6.07) is 40.1. The number of para-hydroxylation sites is 3. The molecule has 0 saturated heterocycles. The van der Waals surface area contributed by atoms with Crippen LogP contribution in [0.15, 0.2) is 152 Å². The number of benzene rings is 6. The molecule has 10 aromatic rings. The van der Waals surface area contributed by atoms with Crippen molar-refractivity contribution in [2.24, 2.45) is 0 Å². The van der Waals surface area contributed by atoms with Gasteiger partial charge in [-0.1, -0.05) is 103 Å². The fourth-order valence-electron chi connectivity index (χ4n) is 6.90. The first kappa shape index (κ1) is 20.3. The Kier molecular flexibility index (Phi) is 4.23. The van der Waals surface area contributed by atoms with Gasteiger partial charge < -0.3 is 4.57 Å². The lowest BCUT2D eigenvalue weighted by Gasteiger charge is -2.11. The van der Waals surface area contributed by atoms with E-state index >= 15 is 0 Å². The summed E-state index contributed by atoms with van der Waals surface area (Å²) >= 11 is 1.52. The van der Waals surface area contributed by atoms with Crippen molar-refractivity contribution in [2.75, 3.05) is 0 Å². The molecule has 0 atom stereocenters. The van der Waals surface area contributed by atoms with Crippen molar-refractivity contribution < 1.29 is 6.85 Å². The molecule has 0 aliphatic carbocycles. The number of aromatic nitrogens is 3. The highest BCUT2D eigenvalue weighted by atomic mass is 32.1. The fourth-order valence-corrected chi connectivity index (χ4v) is 8.07. The van der Waals surface area contributed by atoms with Gasteiger partial charge >= 0.3 is 0 Å². The molecule has 0 radical (unpaired) electrons. The van der Waals surface area contributed by atoms with Crippen LogP contribution < -0.4 is 0 Å². The van der Waals surface area contributed by atoms with E-state index in [0.717, 1.165) is 69.5 Å². The Bertz CT molecular complexity index is 3020. The maximum absolute atomic E-state index is 8.91. The molecule has 6 aromatic carbocycles. The Morgan fingerprint density at radius 1 is 0.511 bits per heavy atom. The van der Waals surface area contributed by atoms with Gasteiger partial charge in [0.1, 0.15) is 5.82 Å². The SMILES string of the molecule is [2H]c1c([2H])c([2H])c(-c2nc(-n3c4ccccc4c4cc5c(cc43)c3ccccc3n5-c3ccccc3)cc3c2sc2ccccc23)c([2H])c1[2H]. The molecular weight excluding hydrogens is 567 g/mol. The van der Waals surface area contributed by atoms with Crippen LogP contribution in [0.25, 0.3) is 86.5 Å². The molecule has 4 aromatic heterocycles. The minimum absolute atomic E-state index is 0.100. The minimum atomic E-state index is -0.423. The third kappa shape index (κ3) is 3.54. The van der Waals surface area contributed by atoms with E-state index in [1.165, 1.54) is 11.3 Å². The van der Waals surface area contributed by atoms with Gasteiger partial charge in [0.05, 0.1) is 39.3 Å². The zero-order valence-corrected chi connectivity index (χ0v) is 24.6. The van der Waals surface area contributed by atoms with Crippen molar-refractivity contribution in [2.45, 2.75) is 0 Å². The molecule has 0 aliphatic rings. The summed E-state index contributed by atoms with van der Waals surface area (Å²) < 4.78 is 49.3. The minimum Gasteiger partial charge on any atom is -0.309 e. The Morgan fingerprint density at radius 3 is 1.84 bits per heavy atom. The molecule has 4 heterocycles. The zero-order valence-electron chi connectivity index (χ0n) is 28.8. The number of hydrogen-bond acceptors (Lipinski definition) is 2. The molecule has 0 bridgehead atoms. The third-order valence-corrected chi connectivity index (χ3v) is 9.99. The molecular formula is C41H25N3S. The molecule has 0 saturated carbocycles. The quantitative estimate of drug-likeness (QED) is 0.199. The molecule has 3 nitrogen and oxygen atoms in total. The lowest BCUT2D eigenvalue weighted by atomic mass is 10.1. The summed E-state index contributed by atoms with van der Waals surface area (Å²) in [5.41, 5.74) is 5.70. The van der Waals surface area contributed by atoms with E-state index in [4.69, 9.17) is 11.8 Å². The van der Waals surface area contributed by atoms with Gasteiger partial charge in [0, 0.05) is 48.3 Å². The number of fused-ring (bicyclic) bond motifs is 9. The Labute approximate surface area is 269 Å². The van der Waals surface area contributed by atoms with Gasteiger partial charge in [-0.3, -0.25) is 4.57 Å². The van der Waals surface area contributed by atoms with Crippen LogP contribution >= 0.6 is 11.3 Å². The highest BCUT2D eigenvalue weighted by Crippen LogP contribution is 2.43. The molecule has 4 heteroatoms. The number of hydrogen-bond donors (Lipinski definition) is 0. The van der Waals surface area contributed by atoms with E-state index in [9.17, 15) is 0 Å². The molecule has 0 unspecified atom stereocenters. The molecule has 0 aliphatic heterocycles. The number of nitrogens with zero attached hydrogens (tertiary/aromatic N) is 3. The van der Waals surface area contributed by atoms with Gasteiger partial charge in [-0.25, -0.2) is 4.98 Å². The summed E-state index contributed by atoms with van der Waals surface area (Å²) in [7, 11) is 0. The summed E-state index contributed by atoms with van der Waals surface area (Å²) in [5, 5.41) is 6.32. The normalized spacial score (nSPS) is 13.6. The predicted octanol–water partition coefficient (Wildman–Crippen LogP) is 11.3. The number of thiophene rings is 1. The topological polar surface area (TPSA) is 22.8 Å². The van der Waals surface area contributed by atoms with Crippen LogP contribution in [0.3, 0.4) is 0 Å². The van der Waals surface area contributed by atoms with Crippen LogP contribution in [0, 0.1) is 0 Å². The van der Waals surface area contributed by atoms with E-state index in [2.05, 4.69) is 94.1 Å². The maximum atomic E-state index is 8.91. The highest BCUT2D eigenvalue weighted by molar-refractivity contribution is 7.26. The van der Waals surface area contributed by atoms with Gasteiger partial charge in [0.25, 0.3) is 0 Å². The first-order chi connectivity index (χ1) is 24.4. The van der Waals surface area contributed by atoms with Crippen molar-refractivity contribution in [3.8, 4) is 22.8 Å². The Morgan fingerprint density at radius 2 is 1.11 bits per heavy atom. The van der Waals surface area contributed by atoms with E-state index in [1.807, 2.05) is 36.4 Å². The predicted molar refractivity (Wildman–Crippen MR) is 191 cm³/mol. The third-order valence-electron chi connectivity index (χ3n) is 8.80. The summed E-state index contributed by atoms with van der Waals surface area (Å²) in [6.07, 6.45) is 0. The van der Waals surface area contributed by atoms with Crippen molar-refractivity contribution in [1.82, 2.24) is 14.1 Å². The van der Waals surface area contributed by atoms with Crippen molar-refractivity contribution >= 4 is 75.1 Å². The standard InChI is InChI=1S/C41H25N3S/c1-3-13-26(14-4-1)40-41-33(30-19-9-12-22-38(30)45-41)25-39(42-40)44-35-21-11-8-18-29(35)32-23-36-31(24-37(32)44)28-17-7-10-20-34(28)43(36)27-15-5-2-6-16-27/h1-25H/i1D,3D,4D,13D,14D. The summed E-state index contributed by atoms with van der Waals surface area (Å²) in [5.74, 6) is 0.611. The van der Waals surface area contributed by atoms with E-state index in [-0.39, 0.29) is 29.7 Å². The van der Waals surface area contributed by atoms with E-state index in [1.54, 1.807) is 0 Å². The van der Waals surface area contributed by atoms with Crippen LogP contribution in [0.2, 0.25) is 0 Å². The summed E-state index contributed by atoms with van der Waals surface area (Å²) in [4.78, 5) is 5.24. The lowest BCUT2D eigenvalue weighted by molar-refractivity contribution is 1.09. The van der Waals surface area contributed by atoms with Crippen molar-refractivity contribution in [1.29, 1.82) is 0 Å². The van der Waals surface area contributed by atoms with Crippen molar-refractivity contribution in [3.05, 3.63) is 152 Å². The van der Waals surface area contributed by atoms with Gasteiger partial charge in [-0.15, -0.1) is 11.3 Å². The van der Waals surface area contributed by atoms with Crippen LogP contribution in [0.4, 0.5) is 0 Å². The second-order valence-electron chi connectivity index (χ2n) is 11.2. The molecule has 0 fully saturated rings. The second kappa shape index (κ2) is 9.39. The molecule has 0 spiro atoms. The van der Waals surface area contributed by atoms with Gasteiger partial charge in [0.2, 0.25) is 0 Å². The zero-order chi connectivity index (χ0) is 33.8. The van der Waals surface area contributed by atoms with Crippen LogP contribution in [0.1, 0.15) is 6.85 Å². The Balaban J connectivity index is 1.37. The fraction of sp³-hybridized carbons (Fsp3) is 0. The second-order valence-corrected chi connectivity index (χ2v) is 12.3. The molecule has 0 N–H and O–H groups in total.